The first-order valence-electron chi connectivity index (χ1n) is 9.42. The van der Waals surface area contributed by atoms with Gasteiger partial charge in [0.15, 0.2) is 22.5 Å². The Morgan fingerprint density at radius 3 is 2.42 bits per heavy atom. The first-order chi connectivity index (χ1) is 15.0. The SMILES string of the molecule is CCn1c(SCC(=O)Nc2cc(Cl)ccc2OC)nnc1-c1ccc(OC)c(OC)c1. The van der Waals surface area contributed by atoms with Crippen molar-refractivity contribution in [2.75, 3.05) is 32.4 Å². The number of amides is 1. The molecule has 1 heterocycles. The van der Waals surface area contributed by atoms with Gasteiger partial charge in [-0.2, -0.15) is 0 Å². The summed E-state index contributed by atoms with van der Waals surface area (Å²) < 4.78 is 17.9. The molecule has 3 aromatic rings. The van der Waals surface area contributed by atoms with Crippen LogP contribution < -0.4 is 19.5 Å². The smallest absolute Gasteiger partial charge is 0.234 e. The molecule has 0 saturated heterocycles. The molecule has 3 rings (SSSR count). The largest absolute Gasteiger partial charge is 0.495 e. The maximum absolute atomic E-state index is 12.5. The molecule has 0 atom stereocenters. The van der Waals surface area contributed by atoms with Crippen molar-refractivity contribution in [3.8, 4) is 28.6 Å². The summed E-state index contributed by atoms with van der Waals surface area (Å²) in [5, 5.41) is 12.5. The zero-order valence-electron chi connectivity index (χ0n) is 17.6. The van der Waals surface area contributed by atoms with Gasteiger partial charge in [0.25, 0.3) is 0 Å². The second kappa shape index (κ2) is 10.4. The van der Waals surface area contributed by atoms with Crippen molar-refractivity contribution in [3.63, 3.8) is 0 Å². The van der Waals surface area contributed by atoms with Crippen molar-refractivity contribution < 1.29 is 19.0 Å². The van der Waals surface area contributed by atoms with Crippen molar-refractivity contribution in [2.45, 2.75) is 18.6 Å². The van der Waals surface area contributed by atoms with E-state index < -0.39 is 0 Å². The molecule has 0 aliphatic carbocycles. The Morgan fingerprint density at radius 1 is 1.03 bits per heavy atom. The third-order valence-electron chi connectivity index (χ3n) is 4.44. The molecule has 164 valence electrons. The summed E-state index contributed by atoms with van der Waals surface area (Å²) in [4.78, 5) is 12.5. The second-order valence-corrected chi connectivity index (χ2v) is 7.68. The number of thioether (sulfide) groups is 1. The van der Waals surface area contributed by atoms with Crippen LogP contribution in [0.4, 0.5) is 5.69 Å². The molecule has 0 radical (unpaired) electrons. The Balaban J connectivity index is 1.74. The molecule has 10 heteroatoms. The molecule has 1 amide bonds. The highest BCUT2D eigenvalue weighted by molar-refractivity contribution is 7.99. The van der Waals surface area contributed by atoms with E-state index >= 15 is 0 Å². The lowest BCUT2D eigenvalue weighted by Gasteiger charge is -2.11. The summed E-state index contributed by atoms with van der Waals surface area (Å²) >= 11 is 7.32. The number of benzene rings is 2. The summed E-state index contributed by atoms with van der Waals surface area (Å²) in [5.41, 5.74) is 1.36. The maximum Gasteiger partial charge on any atom is 0.234 e. The minimum atomic E-state index is -0.205. The Hall–Kier alpha value is -2.91. The van der Waals surface area contributed by atoms with E-state index in [4.69, 9.17) is 25.8 Å². The van der Waals surface area contributed by atoms with Crippen LogP contribution in [0.25, 0.3) is 11.4 Å². The van der Waals surface area contributed by atoms with Gasteiger partial charge in [0.1, 0.15) is 5.75 Å². The van der Waals surface area contributed by atoms with Gasteiger partial charge in [0.2, 0.25) is 5.91 Å². The van der Waals surface area contributed by atoms with Crippen LogP contribution in [0.3, 0.4) is 0 Å². The number of hydrogen-bond donors (Lipinski definition) is 1. The predicted octanol–water partition coefficient (Wildman–Crippen LogP) is 4.38. The molecule has 0 aliphatic rings. The lowest BCUT2D eigenvalue weighted by molar-refractivity contribution is -0.113. The number of carbonyl (C=O) groups is 1. The van der Waals surface area contributed by atoms with E-state index in [1.165, 1.54) is 18.9 Å². The summed E-state index contributed by atoms with van der Waals surface area (Å²) in [6.07, 6.45) is 0. The topological polar surface area (TPSA) is 87.5 Å². The van der Waals surface area contributed by atoms with Gasteiger partial charge in [-0.05, 0) is 43.3 Å². The molecule has 31 heavy (non-hydrogen) atoms. The highest BCUT2D eigenvalue weighted by Gasteiger charge is 2.17. The van der Waals surface area contributed by atoms with Crippen LogP contribution in [0.15, 0.2) is 41.6 Å². The van der Waals surface area contributed by atoms with Gasteiger partial charge in [-0.3, -0.25) is 4.79 Å². The van der Waals surface area contributed by atoms with E-state index in [-0.39, 0.29) is 11.7 Å². The molecule has 8 nitrogen and oxygen atoms in total. The molecule has 0 saturated carbocycles. The molecule has 2 aromatic carbocycles. The normalized spacial score (nSPS) is 10.6. The van der Waals surface area contributed by atoms with Crippen molar-refractivity contribution in [2.24, 2.45) is 0 Å². The molecule has 1 aromatic heterocycles. The Labute approximate surface area is 189 Å². The van der Waals surface area contributed by atoms with Gasteiger partial charge < -0.3 is 24.1 Å². The molecule has 1 N–H and O–H groups in total. The van der Waals surface area contributed by atoms with Gasteiger partial charge in [-0.15, -0.1) is 10.2 Å². The summed E-state index contributed by atoms with van der Waals surface area (Å²) in [5.74, 6) is 2.41. The number of anilines is 1. The number of aromatic nitrogens is 3. The molecule has 0 spiro atoms. The molecular weight excluding hydrogens is 440 g/mol. The monoisotopic (exact) mass is 462 g/mol. The maximum atomic E-state index is 12.5. The summed E-state index contributed by atoms with van der Waals surface area (Å²) in [6.45, 7) is 2.64. The summed E-state index contributed by atoms with van der Waals surface area (Å²) in [6, 6.07) is 10.6. The van der Waals surface area contributed by atoms with Gasteiger partial charge in [0, 0.05) is 17.1 Å². The zero-order valence-corrected chi connectivity index (χ0v) is 19.2. The average Bonchev–Trinajstić information content (AvgIpc) is 3.20. The van der Waals surface area contributed by atoms with Crippen LogP contribution >= 0.6 is 23.4 Å². The van der Waals surface area contributed by atoms with Crippen molar-refractivity contribution in [1.82, 2.24) is 14.8 Å². The number of carbonyl (C=O) groups excluding carboxylic acids is 1. The fourth-order valence-corrected chi connectivity index (χ4v) is 3.94. The van der Waals surface area contributed by atoms with E-state index in [0.29, 0.717) is 45.5 Å². The molecule has 0 unspecified atom stereocenters. The Morgan fingerprint density at radius 2 is 1.74 bits per heavy atom. The highest BCUT2D eigenvalue weighted by Crippen LogP contribution is 2.33. The van der Waals surface area contributed by atoms with E-state index in [9.17, 15) is 4.79 Å². The fourth-order valence-electron chi connectivity index (χ4n) is 2.96. The van der Waals surface area contributed by atoms with E-state index in [1.807, 2.05) is 29.7 Å². The molecular formula is C21H23ClN4O4S. The van der Waals surface area contributed by atoms with Crippen LogP contribution in [-0.2, 0) is 11.3 Å². The fraction of sp³-hybridized carbons (Fsp3) is 0.286. The van der Waals surface area contributed by atoms with Crippen LogP contribution in [0.1, 0.15) is 6.92 Å². The predicted molar refractivity (Wildman–Crippen MR) is 122 cm³/mol. The number of ether oxygens (including phenoxy) is 3. The third kappa shape index (κ3) is 5.23. The van der Waals surface area contributed by atoms with Crippen LogP contribution in [0.5, 0.6) is 17.2 Å². The standard InChI is InChI=1S/C21H23ClN4O4S/c1-5-26-20(13-6-8-17(29-3)18(10-13)30-4)24-25-21(26)31-12-19(27)23-15-11-14(22)7-9-16(15)28-2/h6-11H,5,12H2,1-4H3,(H,23,27). The van der Waals surface area contributed by atoms with Crippen molar-refractivity contribution in [1.29, 1.82) is 0 Å². The molecule has 0 fully saturated rings. The number of rotatable bonds is 9. The van der Waals surface area contributed by atoms with E-state index in [2.05, 4.69) is 15.5 Å². The van der Waals surface area contributed by atoms with E-state index in [1.54, 1.807) is 32.4 Å². The quantitative estimate of drug-likeness (QED) is 0.472. The first-order valence-corrected chi connectivity index (χ1v) is 10.8. The Bertz CT molecular complexity index is 1070. The zero-order chi connectivity index (χ0) is 22.4. The van der Waals surface area contributed by atoms with Gasteiger partial charge >= 0.3 is 0 Å². The minimum Gasteiger partial charge on any atom is -0.495 e. The van der Waals surface area contributed by atoms with Gasteiger partial charge in [-0.1, -0.05) is 23.4 Å². The highest BCUT2D eigenvalue weighted by atomic mass is 35.5. The molecule has 0 aliphatic heterocycles. The number of hydrogen-bond acceptors (Lipinski definition) is 7. The average molecular weight is 463 g/mol. The van der Waals surface area contributed by atoms with Crippen LogP contribution in [-0.4, -0.2) is 47.8 Å². The lowest BCUT2D eigenvalue weighted by Crippen LogP contribution is -2.15. The van der Waals surface area contributed by atoms with Gasteiger partial charge in [-0.25, -0.2) is 0 Å². The number of nitrogens with one attached hydrogen (secondary N) is 1. The van der Waals surface area contributed by atoms with Crippen LogP contribution in [0, 0.1) is 0 Å². The first kappa shape index (κ1) is 22.8. The van der Waals surface area contributed by atoms with Crippen LogP contribution in [0.2, 0.25) is 5.02 Å². The van der Waals surface area contributed by atoms with Crippen molar-refractivity contribution >= 4 is 35.0 Å². The van der Waals surface area contributed by atoms with Gasteiger partial charge in [0.05, 0.1) is 32.8 Å². The summed E-state index contributed by atoms with van der Waals surface area (Å²) in [7, 11) is 4.71. The number of nitrogens with zero attached hydrogens (tertiary/aromatic N) is 3. The minimum absolute atomic E-state index is 0.153. The number of halogens is 1. The second-order valence-electron chi connectivity index (χ2n) is 6.30. The Kier molecular flexibility index (Phi) is 7.64. The van der Waals surface area contributed by atoms with E-state index in [0.717, 1.165) is 5.56 Å². The third-order valence-corrected chi connectivity index (χ3v) is 5.64. The molecule has 0 bridgehead atoms. The lowest BCUT2D eigenvalue weighted by atomic mass is 10.2. The number of methoxy groups -OCH3 is 3. The van der Waals surface area contributed by atoms with Crippen molar-refractivity contribution in [3.05, 3.63) is 41.4 Å².